The van der Waals surface area contributed by atoms with Crippen molar-refractivity contribution in [2.24, 2.45) is 29.1 Å². The van der Waals surface area contributed by atoms with Gasteiger partial charge in [-0.05, 0) is 133 Å². The summed E-state index contributed by atoms with van der Waals surface area (Å²) in [5, 5.41) is 36.7. The summed E-state index contributed by atoms with van der Waals surface area (Å²) in [7, 11) is 0. The van der Waals surface area contributed by atoms with E-state index in [4.69, 9.17) is 4.74 Å². The third kappa shape index (κ3) is 22.1. The monoisotopic (exact) mass is 849 g/mol. The summed E-state index contributed by atoms with van der Waals surface area (Å²) in [6.07, 6.45) is 36.1. The van der Waals surface area contributed by atoms with Crippen molar-refractivity contribution in [2.45, 2.75) is 175 Å². The fourth-order valence-electron chi connectivity index (χ4n) is 7.83. The van der Waals surface area contributed by atoms with Crippen molar-refractivity contribution in [1.82, 2.24) is 10.6 Å². The second kappa shape index (κ2) is 30.1. The zero-order chi connectivity index (χ0) is 45.0. The van der Waals surface area contributed by atoms with Crippen LogP contribution in [0.4, 0.5) is 0 Å². The maximum absolute atomic E-state index is 13.1. The molecule has 5 N–H and O–H groups in total. The number of unbranched alkanes of at least 4 members (excludes halogenated alkanes) is 2. The van der Waals surface area contributed by atoms with E-state index < -0.39 is 35.5 Å². The molecule has 0 spiro atoms. The number of aliphatic hydroxyl groups is 2. The predicted octanol–water partition coefficient (Wildman–Crippen LogP) is 9.80. The lowest BCUT2D eigenvalue weighted by molar-refractivity contribution is -0.164. The summed E-state index contributed by atoms with van der Waals surface area (Å²) in [4.78, 5) is 50.0. The van der Waals surface area contributed by atoms with E-state index in [0.29, 0.717) is 45.1 Å². The number of amides is 2. The molecule has 342 valence electrons. The van der Waals surface area contributed by atoms with Gasteiger partial charge in [0.15, 0.2) is 0 Å². The Labute approximate surface area is 367 Å². The standard InChI is InChI=1S/C51H80N2O8/c1-7-9-10-11-12-13-14-15-16-17-18-19-20-21-22-23-24-28-46(56)52-33-26-25-27-44(49(58)59)53-47(57)37-42(55)36-41(54)31-32-43-39(4)29-30-40-34-38(3)35-45(48(40)43)61-50(60)51(5,6)8-2/h9-10,12-13,15-16,18-19,21-22,29-30,34,38-39,41-45,48,54-55H,7-8,11,14,17,20,23-28,31-33,35-37H2,1-6H3,(H,52,56)(H,53,57)(H,58,59)/b10-9-,13-12-,16-15-,19-18-,22-21-/t38-,39+,41-,42+,43-,44?,45?,48?/m0/s1. The Bertz CT molecular complexity index is 1540. The summed E-state index contributed by atoms with van der Waals surface area (Å²) >= 11 is 0. The summed E-state index contributed by atoms with van der Waals surface area (Å²) in [5.74, 6) is -1.36. The predicted molar refractivity (Wildman–Crippen MR) is 246 cm³/mol. The van der Waals surface area contributed by atoms with E-state index in [1.165, 1.54) is 5.57 Å². The Morgan fingerprint density at radius 1 is 0.836 bits per heavy atom. The Hall–Kier alpha value is -4.02. The number of aliphatic hydroxyl groups excluding tert-OH is 2. The van der Waals surface area contributed by atoms with E-state index in [-0.39, 0.29) is 60.9 Å². The molecule has 0 heterocycles. The molecule has 0 aliphatic heterocycles. The molecule has 0 saturated heterocycles. The molecule has 2 aliphatic rings. The fourth-order valence-corrected chi connectivity index (χ4v) is 7.83. The number of nitrogens with one attached hydrogen (secondary N) is 2. The minimum atomic E-state index is -1.16. The van der Waals surface area contributed by atoms with E-state index in [0.717, 1.165) is 51.4 Å². The van der Waals surface area contributed by atoms with Crippen molar-refractivity contribution in [1.29, 1.82) is 0 Å². The number of esters is 1. The molecule has 61 heavy (non-hydrogen) atoms. The lowest BCUT2D eigenvalue weighted by Crippen LogP contribution is -2.43. The molecule has 0 aromatic carbocycles. The molecule has 2 rings (SSSR count). The zero-order valence-electron chi connectivity index (χ0n) is 38.2. The normalized spacial score (nSPS) is 22.2. The molecule has 3 unspecified atom stereocenters. The van der Waals surface area contributed by atoms with Crippen molar-refractivity contribution in [3.8, 4) is 0 Å². The van der Waals surface area contributed by atoms with Gasteiger partial charge in [0.1, 0.15) is 12.1 Å². The van der Waals surface area contributed by atoms with Crippen LogP contribution in [-0.4, -0.2) is 70.0 Å². The quantitative estimate of drug-likeness (QED) is 0.0271. The summed E-state index contributed by atoms with van der Waals surface area (Å²) in [6.45, 7) is 12.6. The number of aliphatic carboxylic acids is 1. The molecule has 0 aromatic heterocycles. The Morgan fingerprint density at radius 2 is 1.46 bits per heavy atom. The van der Waals surface area contributed by atoms with E-state index >= 15 is 0 Å². The van der Waals surface area contributed by atoms with Gasteiger partial charge in [-0.1, -0.05) is 107 Å². The van der Waals surface area contributed by atoms with Gasteiger partial charge in [-0.25, -0.2) is 4.79 Å². The number of rotatable bonds is 30. The molecule has 10 nitrogen and oxygen atoms in total. The van der Waals surface area contributed by atoms with Gasteiger partial charge in [0.05, 0.1) is 24.0 Å². The molecule has 10 heteroatoms. The van der Waals surface area contributed by atoms with Gasteiger partial charge in [0.25, 0.3) is 0 Å². The van der Waals surface area contributed by atoms with Crippen LogP contribution in [0.2, 0.25) is 0 Å². The summed E-state index contributed by atoms with van der Waals surface area (Å²) in [6, 6.07) is -1.12. The van der Waals surface area contributed by atoms with Crippen LogP contribution in [0.15, 0.2) is 84.6 Å². The summed E-state index contributed by atoms with van der Waals surface area (Å²) < 4.78 is 6.20. The lowest BCUT2D eigenvalue weighted by atomic mass is 9.65. The van der Waals surface area contributed by atoms with Crippen molar-refractivity contribution < 1.29 is 39.2 Å². The minimum absolute atomic E-state index is 0.0163. The number of carboxylic acids is 1. The largest absolute Gasteiger partial charge is 0.480 e. The van der Waals surface area contributed by atoms with E-state index in [9.17, 15) is 34.5 Å². The van der Waals surface area contributed by atoms with Crippen LogP contribution < -0.4 is 10.6 Å². The fraction of sp³-hybridized carbons (Fsp3) is 0.647. The van der Waals surface area contributed by atoms with Gasteiger partial charge >= 0.3 is 11.9 Å². The molecule has 0 fully saturated rings. The van der Waals surface area contributed by atoms with Crippen molar-refractivity contribution in [2.75, 3.05) is 6.54 Å². The maximum Gasteiger partial charge on any atom is 0.326 e. The second-order valence-electron chi connectivity index (χ2n) is 17.7. The van der Waals surface area contributed by atoms with Crippen LogP contribution in [-0.2, 0) is 23.9 Å². The Kier molecular flexibility index (Phi) is 26.2. The highest BCUT2D eigenvalue weighted by Gasteiger charge is 2.43. The number of fused-ring (bicyclic) bond motifs is 1. The molecule has 2 amide bonds. The van der Waals surface area contributed by atoms with Crippen LogP contribution in [0.1, 0.15) is 151 Å². The molecule has 0 aromatic rings. The van der Waals surface area contributed by atoms with Crippen molar-refractivity contribution >= 4 is 23.8 Å². The average Bonchev–Trinajstić information content (AvgIpc) is 3.20. The van der Waals surface area contributed by atoms with Gasteiger partial charge in [0.2, 0.25) is 11.8 Å². The van der Waals surface area contributed by atoms with Crippen molar-refractivity contribution in [3.63, 3.8) is 0 Å². The van der Waals surface area contributed by atoms with E-state index in [1.807, 2.05) is 20.8 Å². The smallest absolute Gasteiger partial charge is 0.326 e. The van der Waals surface area contributed by atoms with Crippen LogP contribution in [0.3, 0.4) is 0 Å². The topological polar surface area (TPSA) is 162 Å². The number of hydrogen-bond acceptors (Lipinski definition) is 7. The highest BCUT2D eigenvalue weighted by atomic mass is 16.5. The average molecular weight is 849 g/mol. The molecule has 8 atom stereocenters. The first-order valence-corrected chi connectivity index (χ1v) is 23.2. The first-order valence-electron chi connectivity index (χ1n) is 23.2. The number of carboxylic acid groups (broad SMARTS) is 1. The van der Waals surface area contributed by atoms with Crippen LogP contribution in [0.5, 0.6) is 0 Å². The SMILES string of the molecule is CC/C=C\C/C=C\C/C=C\C/C=C\C/C=C\CCCC(=O)NCCCCC(NC(=O)C[C@H](O)C[C@@H](O)CC[C@@H]1C2C(=C[C@H](C)CC2OC(=O)C(C)(C)CC)C=C[C@H]1C)C(=O)O. The number of carbonyl (C=O) groups excluding carboxylic acids is 3. The van der Waals surface area contributed by atoms with E-state index in [2.05, 4.69) is 110 Å². The van der Waals surface area contributed by atoms with Crippen LogP contribution in [0, 0.1) is 29.1 Å². The third-order valence-electron chi connectivity index (χ3n) is 11.9. The van der Waals surface area contributed by atoms with Gasteiger partial charge in [-0.15, -0.1) is 0 Å². The second-order valence-corrected chi connectivity index (χ2v) is 17.7. The molecular weight excluding hydrogens is 769 g/mol. The molecule has 0 saturated carbocycles. The third-order valence-corrected chi connectivity index (χ3v) is 11.9. The number of allylic oxidation sites excluding steroid dienone is 13. The van der Waals surface area contributed by atoms with Gasteiger partial charge in [-0.3, -0.25) is 14.4 Å². The number of ether oxygens (including phenoxy) is 1. The maximum atomic E-state index is 13.1. The Balaban J connectivity index is 1.64. The van der Waals surface area contributed by atoms with Gasteiger partial charge in [-0.2, -0.15) is 0 Å². The Morgan fingerprint density at radius 3 is 2.07 bits per heavy atom. The highest BCUT2D eigenvalue weighted by molar-refractivity contribution is 5.83. The molecule has 0 bridgehead atoms. The van der Waals surface area contributed by atoms with E-state index in [1.54, 1.807) is 0 Å². The number of hydrogen-bond donors (Lipinski definition) is 5. The number of carbonyl (C=O) groups is 4. The van der Waals surface area contributed by atoms with Gasteiger partial charge < -0.3 is 30.7 Å². The summed E-state index contributed by atoms with van der Waals surface area (Å²) in [5.41, 5.74) is 0.596. The van der Waals surface area contributed by atoms with Crippen LogP contribution >= 0.6 is 0 Å². The lowest BCUT2D eigenvalue weighted by Gasteiger charge is -2.44. The molecule has 2 aliphatic carbocycles. The zero-order valence-corrected chi connectivity index (χ0v) is 38.2. The molecular formula is C51H80N2O8. The molecule has 0 radical (unpaired) electrons. The van der Waals surface area contributed by atoms with Gasteiger partial charge in [0, 0.05) is 18.9 Å². The highest BCUT2D eigenvalue weighted by Crippen LogP contribution is 2.45. The first kappa shape index (κ1) is 53.1. The van der Waals surface area contributed by atoms with Crippen LogP contribution in [0.25, 0.3) is 0 Å². The van der Waals surface area contributed by atoms with Crippen molar-refractivity contribution in [3.05, 3.63) is 84.6 Å². The minimum Gasteiger partial charge on any atom is -0.480 e. The first-order chi connectivity index (χ1) is 29.2.